The molecule has 1 aliphatic carbocycles. The Bertz CT molecular complexity index is 1060. The Labute approximate surface area is 212 Å². The highest BCUT2D eigenvalue weighted by atomic mass is 79.9. The number of carbonyl (C=O) groups is 1. The zero-order valence-electron chi connectivity index (χ0n) is 21.9. The van der Waals surface area contributed by atoms with Gasteiger partial charge < -0.3 is 9.47 Å². The van der Waals surface area contributed by atoms with Crippen molar-refractivity contribution in [3.8, 4) is 5.75 Å². The molecule has 3 nitrogen and oxygen atoms in total. The fraction of sp³-hybridized carbons (Fsp3) is 0.483. The molecule has 0 N–H and O–H groups in total. The predicted octanol–water partition coefficient (Wildman–Crippen LogP) is 8.72. The Morgan fingerprint density at radius 2 is 1.85 bits per heavy atom. The standard InChI is InChI=1S/C29H38BrFO3/c1-10-33-25(32)15-19(6)11-12-24(31)20(7)22-16-23-21(17(2)3)13-14-29(8,9)26(23)27(30)28(22)34-18(4)5/h11-13,15-18H,10,14H2,1-9H3/b12-11+,19-15+,24-20+. The van der Waals surface area contributed by atoms with Crippen LogP contribution in [0.3, 0.4) is 0 Å². The van der Waals surface area contributed by atoms with Crippen molar-refractivity contribution >= 4 is 33.0 Å². The lowest BCUT2D eigenvalue weighted by molar-refractivity contribution is -0.137. The summed E-state index contributed by atoms with van der Waals surface area (Å²) in [4.78, 5) is 11.6. The number of ether oxygens (including phenoxy) is 2. The lowest BCUT2D eigenvalue weighted by Gasteiger charge is -2.36. The Morgan fingerprint density at radius 1 is 1.21 bits per heavy atom. The van der Waals surface area contributed by atoms with E-state index in [-0.39, 0.29) is 17.3 Å². The highest BCUT2D eigenvalue weighted by Gasteiger charge is 2.34. The van der Waals surface area contributed by atoms with Crippen LogP contribution < -0.4 is 4.74 Å². The lowest BCUT2D eigenvalue weighted by Crippen LogP contribution is -2.24. The molecule has 0 fully saturated rings. The van der Waals surface area contributed by atoms with E-state index in [2.05, 4.69) is 55.8 Å². The third-order valence-corrected chi connectivity index (χ3v) is 6.66. The van der Waals surface area contributed by atoms with Gasteiger partial charge in [0.1, 0.15) is 11.6 Å². The Morgan fingerprint density at radius 3 is 2.41 bits per heavy atom. The van der Waals surface area contributed by atoms with E-state index in [0.717, 1.165) is 22.0 Å². The van der Waals surface area contributed by atoms with E-state index in [1.807, 2.05) is 13.8 Å². The van der Waals surface area contributed by atoms with Crippen LogP contribution in [0.1, 0.15) is 85.4 Å². The van der Waals surface area contributed by atoms with Gasteiger partial charge in [0.05, 0.1) is 17.2 Å². The van der Waals surface area contributed by atoms with Crippen molar-refractivity contribution in [1.29, 1.82) is 0 Å². The van der Waals surface area contributed by atoms with Crippen molar-refractivity contribution in [2.75, 3.05) is 6.61 Å². The summed E-state index contributed by atoms with van der Waals surface area (Å²) < 4.78 is 27.4. The first-order valence-electron chi connectivity index (χ1n) is 11.9. The third-order valence-electron chi connectivity index (χ3n) is 5.90. The molecule has 0 unspecified atom stereocenters. The van der Waals surface area contributed by atoms with Crippen molar-refractivity contribution in [3.05, 3.63) is 62.9 Å². The van der Waals surface area contributed by atoms with Gasteiger partial charge in [0.15, 0.2) is 0 Å². The monoisotopic (exact) mass is 532 g/mol. The summed E-state index contributed by atoms with van der Waals surface area (Å²) in [6.45, 7) is 18.3. The quantitative estimate of drug-likeness (QED) is 0.190. The van der Waals surface area contributed by atoms with Gasteiger partial charge in [0.25, 0.3) is 0 Å². The summed E-state index contributed by atoms with van der Waals surface area (Å²) in [6, 6.07) is 2.08. The molecule has 0 aromatic heterocycles. The Kier molecular flexibility index (Phi) is 9.53. The summed E-state index contributed by atoms with van der Waals surface area (Å²) in [5, 5.41) is 0. The smallest absolute Gasteiger partial charge is 0.330 e. The maximum atomic E-state index is 15.4. The van der Waals surface area contributed by atoms with E-state index in [9.17, 15) is 4.79 Å². The summed E-state index contributed by atoms with van der Waals surface area (Å²) in [5.41, 5.74) is 5.34. The number of halogens is 2. The number of allylic oxidation sites excluding steroid dienone is 7. The van der Waals surface area contributed by atoms with Crippen LogP contribution in [0.5, 0.6) is 5.75 Å². The second-order valence-electron chi connectivity index (χ2n) is 10.0. The summed E-state index contributed by atoms with van der Waals surface area (Å²) in [6.07, 6.45) is 7.49. The number of benzene rings is 1. The zero-order valence-corrected chi connectivity index (χ0v) is 23.5. The second kappa shape index (κ2) is 11.5. The highest BCUT2D eigenvalue weighted by molar-refractivity contribution is 9.10. The van der Waals surface area contributed by atoms with Crippen LogP contribution >= 0.6 is 15.9 Å². The van der Waals surface area contributed by atoms with Gasteiger partial charge in [-0.1, -0.05) is 39.8 Å². The van der Waals surface area contributed by atoms with E-state index in [1.54, 1.807) is 26.8 Å². The number of carbonyl (C=O) groups excluding carboxylic acids is 1. The molecule has 0 bridgehead atoms. The van der Waals surface area contributed by atoms with Crippen molar-refractivity contribution in [2.24, 2.45) is 5.92 Å². The molecule has 0 saturated carbocycles. The molecule has 0 atom stereocenters. The first kappa shape index (κ1) is 28.1. The zero-order chi connectivity index (χ0) is 25.8. The van der Waals surface area contributed by atoms with Crippen LogP contribution in [-0.4, -0.2) is 18.7 Å². The average Bonchev–Trinajstić information content (AvgIpc) is 2.72. The minimum atomic E-state index is -0.437. The molecule has 0 heterocycles. The van der Waals surface area contributed by atoms with E-state index in [1.165, 1.54) is 23.3 Å². The highest BCUT2D eigenvalue weighted by Crippen LogP contribution is 2.50. The molecule has 1 aromatic carbocycles. The number of rotatable bonds is 8. The van der Waals surface area contributed by atoms with Crippen molar-refractivity contribution in [3.63, 3.8) is 0 Å². The van der Waals surface area contributed by atoms with Gasteiger partial charge in [-0.15, -0.1) is 0 Å². The Hall–Kier alpha value is -2.14. The topological polar surface area (TPSA) is 35.5 Å². The third kappa shape index (κ3) is 6.50. The maximum absolute atomic E-state index is 15.4. The lowest BCUT2D eigenvalue weighted by atomic mass is 9.70. The van der Waals surface area contributed by atoms with Gasteiger partial charge in [0.2, 0.25) is 0 Å². The van der Waals surface area contributed by atoms with Gasteiger partial charge in [0, 0.05) is 11.6 Å². The SMILES string of the molecule is CCOC(=O)/C=C(C)/C=C/C(F)=C(/C)c1cc2c(c(Br)c1OC(C)C)C(C)(C)CC=C2C(C)C. The molecule has 2 rings (SSSR count). The first-order chi connectivity index (χ1) is 15.8. The van der Waals surface area contributed by atoms with Crippen LogP contribution in [0.4, 0.5) is 4.39 Å². The number of esters is 1. The van der Waals surface area contributed by atoms with Gasteiger partial charge in [-0.2, -0.15) is 0 Å². The minimum absolute atomic E-state index is 0.0685. The van der Waals surface area contributed by atoms with Crippen molar-refractivity contribution in [1.82, 2.24) is 0 Å². The molecule has 186 valence electrons. The van der Waals surface area contributed by atoms with Gasteiger partial charge >= 0.3 is 5.97 Å². The molecule has 0 spiro atoms. The Balaban J connectivity index is 2.69. The van der Waals surface area contributed by atoms with Gasteiger partial charge in [-0.25, -0.2) is 9.18 Å². The van der Waals surface area contributed by atoms with Crippen LogP contribution in [0, 0.1) is 5.92 Å². The second-order valence-corrected chi connectivity index (χ2v) is 10.8. The fourth-order valence-corrected chi connectivity index (χ4v) is 5.21. The molecular weight excluding hydrogens is 495 g/mol. The van der Waals surface area contributed by atoms with E-state index in [0.29, 0.717) is 29.4 Å². The average molecular weight is 534 g/mol. The summed E-state index contributed by atoms with van der Waals surface area (Å²) in [7, 11) is 0. The molecule has 5 heteroatoms. The minimum Gasteiger partial charge on any atom is -0.489 e. The van der Waals surface area contributed by atoms with Crippen molar-refractivity contribution < 1.29 is 18.7 Å². The van der Waals surface area contributed by atoms with E-state index >= 15 is 4.39 Å². The fourth-order valence-electron chi connectivity index (χ4n) is 4.15. The molecule has 0 radical (unpaired) electrons. The van der Waals surface area contributed by atoms with Gasteiger partial charge in [-0.3, -0.25) is 0 Å². The molecule has 1 aromatic rings. The molecule has 0 amide bonds. The largest absolute Gasteiger partial charge is 0.489 e. The summed E-state index contributed by atoms with van der Waals surface area (Å²) >= 11 is 3.84. The number of hydrogen-bond acceptors (Lipinski definition) is 3. The van der Waals surface area contributed by atoms with Crippen LogP contribution in [0.15, 0.2) is 46.2 Å². The predicted molar refractivity (Wildman–Crippen MR) is 144 cm³/mol. The van der Waals surface area contributed by atoms with Crippen LogP contribution in [0.2, 0.25) is 0 Å². The van der Waals surface area contributed by atoms with E-state index in [4.69, 9.17) is 9.47 Å². The van der Waals surface area contributed by atoms with Crippen LogP contribution in [0.25, 0.3) is 11.1 Å². The van der Waals surface area contributed by atoms with Crippen molar-refractivity contribution in [2.45, 2.75) is 80.3 Å². The molecule has 1 aliphatic rings. The maximum Gasteiger partial charge on any atom is 0.330 e. The van der Waals surface area contributed by atoms with E-state index < -0.39 is 5.97 Å². The summed E-state index contributed by atoms with van der Waals surface area (Å²) in [5.74, 6) is 0.178. The first-order valence-corrected chi connectivity index (χ1v) is 12.7. The molecular formula is C29H38BrFO3. The number of fused-ring (bicyclic) bond motifs is 1. The molecule has 34 heavy (non-hydrogen) atoms. The normalized spacial score (nSPS) is 16.5. The number of hydrogen-bond donors (Lipinski definition) is 0. The van der Waals surface area contributed by atoms with Gasteiger partial charge in [-0.05, 0) is 108 Å². The molecule has 0 saturated heterocycles. The molecule has 0 aliphatic heterocycles. The van der Waals surface area contributed by atoms with Crippen LogP contribution in [-0.2, 0) is 14.9 Å².